The molecule has 9 heteroatoms. The monoisotopic (exact) mass is 398 g/mol. The van der Waals surface area contributed by atoms with Gasteiger partial charge in [-0.15, -0.1) is 0 Å². The maximum absolute atomic E-state index is 13.0. The maximum atomic E-state index is 13.0. The van der Waals surface area contributed by atoms with Crippen LogP contribution in [0.4, 0.5) is 10.2 Å². The highest BCUT2D eigenvalue weighted by Gasteiger charge is 2.21. The third-order valence-corrected chi connectivity index (χ3v) is 4.11. The Balaban J connectivity index is 1.84. The van der Waals surface area contributed by atoms with Gasteiger partial charge in [0.15, 0.2) is 0 Å². The van der Waals surface area contributed by atoms with E-state index in [0.717, 1.165) is 5.56 Å². The Bertz CT molecular complexity index is 1110. The fourth-order valence-electron chi connectivity index (χ4n) is 2.62. The topological polar surface area (TPSA) is 105 Å². The van der Waals surface area contributed by atoms with E-state index in [9.17, 15) is 18.8 Å². The third kappa shape index (κ3) is 4.70. The SMILES string of the molecule is CNc1[nH]c(=O)n(OCc2ccccc2)c(=O)c1C(=O)NCc1ccc(F)cc1. The van der Waals surface area contributed by atoms with Crippen LogP contribution in [0.15, 0.2) is 64.2 Å². The molecule has 1 amide bonds. The summed E-state index contributed by atoms with van der Waals surface area (Å²) < 4.78 is 13.5. The van der Waals surface area contributed by atoms with E-state index in [0.29, 0.717) is 10.3 Å². The number of aromatic amines is 1. The van der Waals surface area contributed by atoms with Gasteiger partial charge < -0.3 is 15.5 Å². The summed E-state index contributed by atoms with van der Waals surface area (Å²) in [6, 6.07) is 14.5. The van der Waals surface area contributed by atoms with Crippen molar-refractivity contribution in [3.63, 3.8) is 0 Å². The highest BCUT2D eigenvalue weighted by molar-refractivity contribution is 5.98. The predicted molar refractivity (Wildman–Crippen MR) is 105 cm³/mol. The summed E-state index contributed by atoms with van der Waals surface area (Å²) in [6.45, 7) is 0.0467. The molecular weight excluding hydrogens is 379 g/mol. The quantitative estimate of drug-likeness (QED) is 0.556. The van der Waals surface area contributed by atoms with Crippen LogP contribution in [-0.2, 0) is 13.2 Å². The minimum atomic E-state index is -0.898. The Hall–Kier alpha value is -3.88. The molecule has 0 unspecified atom stereocenters. The number of carbonyl (C=O) groups is 1. The molecule has 29 heavy (non-hydrogen) atoms. The first-order chi connectivity index (χ1) is 14.0. The summed E-state index contributed by atoms with van der Waals surface area (Å²) in [5, 5.41) is 5.21. The van der Waals surface area contributed by atoms with Crippen molar-refractivity contribution in [3.8, 4) is 0 Å². The maximum Gasteiger partial charge on any atom is 0.363 e. The fourth-order valence-corrected chi connectivity index (χ4v) is 2.62. The second-order valence-electron chi connectivity index (χ2n) is 6.10. The molecule has 3 N–H and O–H groups in total. The number of halogens is 1. The number of nitrogens with one attached hydrogen (secondary N) is 3. The zero-order chi connectivity index (χ0) is 20.8. The minimum absolute atomic E-state index is 0.0284. The average molecular weight is 398 g/mol. The van der Waals surface area contributed by atoms with Gasteiger partial charge in [0, 0.05) is 13.6 Å². The summed E-state index contributed by atoms with van der Waals surface area (Å²) in [5.74, 6) is -1.13. The molecule has 0 saturated carbocycles. The summed E-state index contributed by atoms with van der Waals surface area (Å²) in [4.78, 5) is 45.3. The zero-order valence-corrected chi connectivity index (χ0v) is 15.6. The Morgan fingerprint density at radius 2 is 1.76 bits per heavy atom. The first kappa shape index (κ1) is 19.9. The molecular formula is C20H19FN4O4. The highest BCUT2D eigenvalue weighted by Crippen LogP contribution is 2.06. The molecule has 8 nitrogen and oxygen atoms in total. The predicted octanol–water partition coefficient (Wildman–Crippen LogP) is 1.28. The normalized spacial score (nSPS) is 10.4. The molecule has 150 valence electrons. The average Bonchev–Trinajstić information content (AvgIpc) is 2.73. The number of amides is 1. The van der Waals surface area contributed by atoms with E-state index >= 15 is 0 Å². The number of aromatic nitrogens is 2. The Labute approximate surface area is 164 Å². The van der Waals surface area contributed by atoms with Crippen LogP contribution in [0, 0.1) is 5.82 Å². The first-order valence-corrected chi connectivity index (χ1v) is 8.76. The lowest BCUT2D eigenvalue weighted by molar-refractivity contribution is 0.0764. The zero-order valence-electron chi connectivity index (χ0n) is 15.6. The van der Waals surface area contributed by atoms with Crippen LogP contribution in [0.2, 0.25) is 0 Å². The largest absolute Gasteiger partial charge is 0.401 e. The van der Waals surface area contributed by atoms with Crippen LogP contribution >= 0.6 is 0 Å². The number of benzene rings is 2. The van der Waals surface area contributed by atoms with Gasteiger partial charge in [0.25, 0.3) is 5.91 Å². The van der Waals surface area contributed by atoms with Crippen LogP contribution < -0.4 is 26.7 Å². The Kier molecular flexibility index (Phi) is 6.08. The fraction of sp³-hybridized carbons (Fsp3) is 0.150. The molecule has 0 radical (unpaired) electrons. The van der Waals surface area contributed by atoms with Gasteiger partial charge in [0.2, 0.25) is 0 Å². The molecule has 2 aromatic carbocycles. The van der Waals surface area contributed by atoms with Crippen molar-refractivity contribution >= 4 is 11.7 Å². The molecule has 0 spiro atoms. The summed E-state index contributed by atoms with van der Waals surface area (Å²) in [7, 11) is 1.47. The van der Waals surface area contributed by atoms with E-state index in [-0.39, 0.29) is 24.5 Å². The Morgan fingerprint density at radius 3 is 2.41 bits per heavy atom. The number of carbonyl (C=O) groups excluding carboxylic acids is 1. The molecule has 0 aliphatic rings. The van der Waals surface area contributed by atoms with Crippen molar-refractivity contribution in [2.45, 2.75) is 13.2 Å². The molecule has 0 atom stereocenters. The summed E-state index contributed by atoms with van der Waals surface area (Å²) in [6.07, 6.45) is 0. The second-order valence-corrected chi connectivity index (χ2v) is 6.10. The van der Waals surface area contributed by atoms with E-state index in [1.807, 2.05) is 6.07 Å². The number of hydrogen-bond donors (Lipinski definition) is 3. The summed E-state index contributed by atoms with van der Waals surface area (Å²) >= 11 is 0. The minimum Gasteiger partial charge on any atom is -0.401 e. The van der Waals surface area contributed by atoms with Gasteiger partial charge in [0.1, 0.15) is 23.8 Å². The van der Waals surface area contributed by atoms with Crippen LogP contribution in [-0.4, -0.2) is 22.7 Å². The van der Waals surface area contributed by atoms with Crippen LogP contribution in [0.25, 0.3) is 0 Å². The number of rotatable bonds is 7. The van der Waals surface area contributed by atoms with Gasteiger partial charge in [-0.25, -0.2) is 9.18 Å². The number of anilines is 1. The molecule has 3 rings (SSSR count). The molecule has 0 aliphatic heterocycles. The van der Waals surface area contributed by atoms with Crippen LogP contribution in [0.3, 0.4) is 0 Å². The van der Waals surface area contributed by atoms with E-state index in [4.69, 9.17) is 4.84 Å². The summed E-state index contributed by atoms with van der Waals surface area (Å²) in [5.41, 5.74) is -0.618. The second kappa shape index (κ2) is 8.87. The van der Waals surface area contributed by atoms with Gasteiger partial charge in [-0.3, -0.25) is 14.6 Å². The van der Waals surface area contributed by atoms with Crippen LogP contribution in [0.1, 0.15) is 21.5 Å². The number of hydrogen-bond acceptors (Lipinski definition) is 5. The molecule has 1 heterocycles. The Morgan fingerprint density at radius 1 is 1.07 bits per heavy atom. The van der Waals surface area contributed by atoms with E-state index in [1.165, 1.54) is 31.3 Å². The van der Waals surface area contributed by atoms with Crippen molar-refractivity contribution in [1.82, 2.24) is 15.0 Å². The molecule has 3 aromatic rings. The molecule has 0 fully saturated rings. The third-order valence-electron chi connectivity index (χ3n) is 4.11. The smallest absolute Gasteiger partial charge is 0.363 e. The van der Waals surface area contributed by atoms with Gasteiger partial charge >= 0.3 is 11.2 Å². The lowest BCUT2D eigenvalue weighted by atomic mass is 10.2. The van der Waals surface area contributed by atoms with Gasteiger partial charge in [-0.05, 0) is 23.3 Å². The first-order valence-electron chi connectivity index (χ1n) is 8.76. The van der Waals surface area contributed by atoms with E-state index in [1.54, 1.807) is 24.3 Å². The van der Waals surface area contributed by atoms with Crippen molar-refractivity contribution in [1.29, 1.82) is 0 Å². The lowest BCUT2D eigenvalue weighted by Crippen LogP contribution is -2.44. The number of H-pyrrole nitrogens is 1. The van der Waals surface area contributed by atoms with Crippen molar-refractivity contribution in [2.75, 3.05) is 12.4 Å². The molecule has 1 aromatic heterocycles. The molecule has 0 bridgehead atoms. The van der Waals surface area contributed by atoms with Crippen molar-refractivity contribution in [3.05, 3.63) is 97.9 Å². The van der Waals surface area contributed by atoms with E-state index in [2.05, 4.69) is 15.6 Å². The highest BCUT2D eigenvalue weighted by atomic mass is 19.1. The molecule has 0 saturated heterocycles. The standard InChI is InChI=1S/C20H19FN4O4/c1-22-17-16(18(26)23-11-13-7-9-15(21)10-8-13)19(27)25(20(28)24-17)29-12-14-5-3-2-4-6-14/h2-10,22H,11-12H2,1H3,(H,23,26)(H,24,28). The molecule has 0 aliphatic carbocycles. The van der Waals surface area contributed by atoms with Crippen LogP contribution in [0.5, 0.6) is 0 Å². The van der Waals surface area contributed by atoms with Crippen molar-refractivity contribution in [2.24, 2.45) is 0 Å². The van der Waals surface area contributed by atoms with E-state index < -0.39 is 23.0 Å². The number of nitrogens with zero attached hydrogens (tertiary/aromatic N) is 1. The van der Waals surface area contributed by atoms with Crippen molar-refractivity contribution < 1.29 is 14.0 Å². The lowest BCUT2D eigenvalue weighted by Gasteiger charge is -2.13. The van der Waals surface area contributed by atoms with Gasteiger partial charge in [-0.2, -0.15) is 0 Å². The van der Waals surface area contributed by atoms with Gasteiger partial charge in [-0.1, -0.05) is 47.2 Å². The van der Waals surface area contributed by atoms with Gasteiger partial charge in [0.05, 0.1) is 0 Å².